The van der Waals surface area contributed by atoms with Crippen LogP contribution in [0.2, 0.25) is 0 Å². The van der Waals surface area contributed by atoms with Crippen LogP contribution in [0, 0.1) is 0 Å². The first-order valence-electron chi connectivity index (χ1n) is 8.22. The zero-order chi connectivity index (χ0) is 18.4. The molecule has 1 N–H and O–H groups in total. The number of fused-ring (bicyclic) bond motifs is 1. The number of amides is 1. The number of methoxy groups -OCH3 is 2. The Labute approximate surface area is 152 Å². The van der Waals surface area contributed by atoms with Crippen LogP contribution in [0.5, 0.6) is 11.5 Å². The van der Waals surface area contributed by atoms with Crippen molar-refractivity contribution < 1.29 is 14.3 Å². The van der Waals surface area contributed by atoms with Gasteiger partial charge in [-0.2, -0.15) is 5.10 Å². The highest BCUT2D eigenvalue weighted by molar-refractivity contribution is 6.02. The number of nitrogens with one attached hydrogen (secondary N) is 1. The molecule has 0 aromatic heterocycles. The number of hydrogen-bond donors (Lipinski definition) is 1. The van der Waals surface area contributed by atoms with E-state index in [1.165, 1.54) is 0 Å². The van der Waals surface area contributed by atoms with Crippen molar-refractivity contribution in [3.05, 3.63) is 71.8 Å². The number of nitrogens with zero attached hydrogens (tertiary/aromatic N) is 1. The van der Waals surface area contributed by atoms with Crippen molar-refractivity contribution in [3.8, 4) is 11.5 Å². The van der Waals surface area contributed by atoms with Crippen molar-refractivity contribution in [2.24, 2.45) is 5.10 Å². The Hall–Kier alpha value is -3.34. The first-order valence-corrected chi connectivity index (χ1v) is 8.22. The highest BCUT2D eigenvalue weighted by Gasteiger charge is 2.07. The van der Waals surface area contributed by atoms with E-state index in [4.69, 9.17) is 9.47 Å². The van der Waals surface area contributed by atoms with Crippen LogP contribution in [-0.4, -0.2) is 26.3 Å². The molecule has 5 heteroatoms. The van der Waals surface area contributed by atoms with Gasteiger partial charge in [0.1, 0.15) is 11.5 Å². The molecule has 0 aliphatic rings. The predicted octanol–water partition coefficient (Wildman–Crippen LogP) is 3.55. The van der Waals surface area contributed by atoms with Gasteiger partial charge in [-0.1, -0.05) is 42.5 Å². The zero-order valence-electron chi connectivity index (χ0n) is 14.7. The fourth-order valence-electron chi connectivity index (χ4n) is 2.72. The second-order valence-corrected chi connectivity index (χ2v) is 5.72. The maximum absolute atomic E-state index is 12.1. The van der Waals surface area contributed by atoms with Crippen molar-refractivity contribution in [1.82, 2.24) is 5.43 Å². The number of benzene rings is 3. The van der Waals surface area contributed by atoms with Gasteiger partial charge in [0, 0.05) is 5.56 Å². The van der Waals surface area contributed by atoms with Crippen LogP contribution in [0.15, 0.2) is 65.8 Å². The summed E-state index contributed by atoms with van der Waals surface area (Å²) in [5.74, 6) is 1.28. The number of carbonyl (C=O) groups excluding carboxylic acids is 1. The van der Waals surface area contributed by atoms with Gasteiger partial charge >= 0.3 is 0 Å². The summed E-state index contributed by atoms with van der Waals surface area (Å²) in [6.07, 6.45) is 1.86. The molecule has 3 aromatic carbocycles. The lowest BCUT2D eigenvalue weighted by Gasteiger charge is -2.08. The number of hydrogen-bond acceptors (Lipinski definition) is 4. The van der Waals surface area contributed by atoms with E-state index < -0.39 is 0 Å². The van der Waals surface area contributed by atoms with E-state index in [1.807, 2.05) is 60.7 Å². The lowest BCUT2D eigenvalue weighted by Crippen LogP contribution is -2.19. The van der Waals surface area contributed by atoms with E-state index >= 15 is 0 Å². The Balaban J connectivity index is 1.71. The Bertz CT molecular complexity index is 934. The number of hydrazone groups is 1. The van der Waals surface area contributed by atoms with E-state index in [2.05, 4.69) is 10.5 Å². The van der Waals surface area contributed by atoms with Gasteiger partial charge in [-0.25, -0.2) is 5.43 Å². The third-order valence-electron chi connectivity index (χ3n) is 4.06. The molecule has 0 atom stereocenters. The summed E-state index contributed by atoms with van der Waals surface area (Å²) in [6.45, 7) is 0. The van der Waals surface area contributed by atoms with Crippen LogP contribution < -0.4 is 14.9 Å². The van der Waals surface area contributed by atoms with Gasteiger partial charge in [-0.3, -0.25) is 4.79 Å². The summed E-state index contributed by atoms with van der Waals surface area (Å²) < 4.78 is 10.5. The van der Waals surface area contributed by atoms with Crippen LogP contribution in [0.1, 0.15) is 11.1 Å². The quantitative estimate of drug-likeness (QED) is 0.547. The normalized spacial score (nSPS) is 10.8. The fourth-order valence-corrected chi connectivity index (χ4v) is 2.72. The van der Waals surface area contributed by atoms with Crippen molar-refractivity contribution in [3.63, 3.8) is 0 Å². The fraction of sp³-hybridized carbons (Fsp3) is 0.143. The SMILES string of the molecule is COc1ccc(CC(=O)N/N=C/c2c(OC)ccc3ccccc23)cc1. The molecule has 132 valence electrons. The molecule has 3 aromatic rings. The highest BCUT2D eigenvalue weighted by Crippen LogP contribution is 2.26. The second kappa shape index (κ2) is 8.16. The van der Waals surface area contributed by atoms with E-state index in [0.717, 1.165) is 27.6 Å². The number of carbonyl (C=O) groups is 1. The van der Waals surface area contributed by atoms with E-state index in [9.17, 15) is 4.79 Å². The van der Waals surface area contributed by atoms with Gasteiger partial charge in [0.05, 0.1) is 26.9 Å². The number of rotatable bonds is 6. The number of ether oxygens (including phenoxy) is 2. The first-order chi connectivity index (χ1) is 12.7. The minimum atomic E-state index is -0.189. The van der Waals surface area contributed by atoms with Crippen LogP contribution in [-0.2, 0) is 11.2 Å². The topological polar surface area (TPSA) is 59.9 Å². The molecule has 3 rings (SSSR count). The molecule has 0 fully saturated rings. The summed E-state index contributed by atoms with van der Waals surface area (Å²) >= 11 is 0. The summed E-state index contributed by atoms with van der Waals surface area (Å²) in [5.41, 5.74) is 4.29. The zero-order valence-corrected chi connectivity index (χ0v) is 14.7. The Kier molecular flexibility index (Phi) is 5.49. The maximum atomic E-state index is 12.1. The third kappa shape index (κ3) is 4.00. The average molecular weight is 348 g/mol. The average Bonchev–Trinajstić information content (AvgIpc) is 2.68. The van der Waals surface area contributed by atoms with Crippen molar-refractivity contribution in [2.75, 3.05) is 14.2 Å². The van der Waals surface area contributed by atoms with Crippen molar-refractivity contribution >= 4 is 22.9 Å². The molecule has 0 bridgehead atoms. The third-order valence-corrected chi connectivity index (χ3v) is 4.06. The second-order valence-electron chi connectivity index (χ2n) is 5.72. The molecule has 1 amide bonds. The molecule has 5 nitrogen and oxygen atoms in total. The van der Waals surface area contributed by atoms with Gasteiger partial charge < -0.3 is 9.47 Å². The minimum Gasteiger partial charge on any atom is -0.497 e. The summed E-state index contributed by atoms with van der Waals surface area (Å²) in [4.78, 5) is 12.1. The van der Waals surface area contributed by atoms with E-state index in [-0.39, 0.29) is 12.3 Å². The van der Waals surface area contributed by atoms with Crippen LogP contribution in [0.4, 0.5) is 0 Å². The highest BCUT2D eigenvalue weighted by atomic mass is 16.5. The van der Waals surface area contributed by atoms with Gasteiger partial charge in [0.15, 0.2) is 0 Å². The molecule has 0 saturated heterocycles. The van der Waals surface area contributed by atoms with E-state index in [0.29, 0.717) is 5.75 Å². The molecular weight excluding hydrogens is 328 g/mol. The molecular formula is C21H20N2O3. The Morgan fingerprint density at radius 2 is 1.77 bits per heavy atom. The standard InChI is InChI=1S/C21H20N2O3/c1-25-17-10-7-15(8-11-17)13-21(24)23-22-14-19-18-6-4-3-5-16(18)9-12-20(19)26-2/h3-12,14H,13H2,1-2H3,(H,23,24)/b22-14+. The molecule has 0 radical (unpaired) electrons. The molecule has 0 aliphatic carbocycles. The molecule has 0 heterocycles. The summed E-state index contributed by atoms with van der Waals surface area (Å²) in [5, 5.41) is 6.20. The van der Waals surface area contributed by atoms with Gasteiger partial charge in [-0.15, -0.1) is 0 Å². The van der Waals surface area contributed by atoms with Crippen molar-refractivity contribution in [1.29, 1.82) is 0 Å². The lowest BCUT2D eigenvalue weighted by atomic mass is 10.0. The van der Waals surface area contributed by atoms with Crippen LogP contribution in [0.25, 0.3) is 10.8 Å². The molecule has 0 saturated carbocycles. The summed E-state index contributed by atoms with van der Waals surface area (Å²) in [6, 6.07) is 19.2. The largest absolute Gasteiger partial charge is 0.497 e. The lowest BCUT2D eigenvalue weighted by molar-refractivity contribution is -0.120. The molecule has 0 spiro atoms. The Morgan fingerprint density at radius 3 is 2.50 bits per heavy atom. The van der Waals surface area contributed by atoms with Crippen molar-refractivity contribution in [2.45, 2.75) is 6.42 Å². The summed E-state index contributed by atoms with van der Waals surface area (Å²) in [7, 11) is 3.22. The van der Waals surface area contributed by atoms with Crippen LogP contribution >= 0.6 is 0 Å². The van der Waals surface area contributed by atoms with Gasteiger partial charge in [0.25, 0.3) is 0 Å². The molecule has 0 unspecified atom stereocenters. The van der Waals surface area contributed by atoms with Gasteiger partial charge in [0.2, 0.25) is 5.91 Å². The monoisotopic (exact) mass is 348 g/mol. The first kappa shape index (κ1) is 17.5. The Morgan fingerprint density at radius 1 is 1.00 bits per heavy atom. The van der Waals surface area contributed by atoms with E-state index in [1.54, 1.807) is 20.4 Å². The smallest absolute Gasteiger partial charge is 0.244 e. The predicted molar refractivity (Wildman–Crippen MR) is 103 cm³/mol. The molecule has 0 aliphatic heterocycles. The minimum absolute atomic E-state index is 0.189. The van der Waals surface area contributed by atoms with Crippen LogP contribution in [0.3, 0.4) is 0 Å². The maximum Gasteiger partial charge on any atom is 0.244 e. The van der Waals surface area contributed by atoms with Gasteiger partial charge in [-0.05, 0) is 34.5 Å². The molecule has 26 heavy (non-hydrogen) atoms.